The van der Waals surface area contributed by atoms with Crippen molar-refractivity contribution in [3.8, 4) is 0 Å². The van der Waals surface area contributed by atoms with Gasteiger partial charge >= 0.3 is 6.03 Å². The minimum Gasteiger partial charge on any atom is -0.465 e. The molecule has 3 aromatic rings. The molecule has 2 heterocycles. The third-order valence-electron chi connectivity index (χ3n) is 3.61. The molecule has 0 fully saturated rings. The van der Waals surface area contributed by atoms with Crippen molar-refractivity contribution in [1.29, 1.82) is 0 Å². The van der Waals surface area contributed by atoms with Gasteiger partial charge in [-0.2, -0.15) is 0 Å². The number of rotatable bonds is 5. The van der Waals surface area contributed by atoms with E-state index in [1.165, 1.54) is 0 Å². The van der Waals surface area contributed by atoms with Gasteiger partial charge in [-0.15, -0.1) is 0 Å². The molecule has 1 aromatic carbocycles. The summed E-state index contributed by atoms with van der Waals surface area (Å²) in [5, 5.41) is 9.83. The van der Waals surface area contributed by atoms with E-state index in [2.05, 4.69) is 20.9 Å². The molecular formula is C19H22N4O2. The van der Waals surface area contributed by atoms with Gasteiger partial charge in [0.2, 0.25) is 0 Å². The summed E-state index contributed by atoms with van der Waals surface area (Å²) >= 11 is 0. The molecule has 2 amide bonds. The van der Waals surface area contributed by atoms with Crippen molar-refractivity contribution in [1.82, 2.24) is 10.3 Å². The zero-order valence-corrected chi connectivity index (χ0v) is 14.6. The second-order valence-corrected chi connectivity index (χ2v) is 6.22. The minimum atomic E-state index is -0.214. The van der Waals surface area contributed by atoms with Crippen molar-refractivity contribution in [3.63, 3.8) is 0 Å². The largest absolute Gasteiger partial charge is 0.465 e. The topological polar surface area (TPSA) is 79.2 Å². The van der Waals surface area contributed by atoms with Crippen LogP contribution in [0.5, 0.6) is 0 Å². The molecule has 3 rings (SSSR count). The van der Waals surface area contributed by atoms with E-state index in [4.69, 9.17) is 4.42 Å². The van der Waals surface area contributed by atoms with Crippen LogP contribution < -0.4 is 16.0 Å². The predicted molar refractivity (Wildman–Crippen MR) is 99.8 cm³/mol. The summed E-state index contributed by atoms with van der Waals surface area (Å²) in [4.78, 5) is 16.4. The quantitative estimate of drug-likeness (QED) is 0.649. The molecule has 130 valence electrons. The lowest BCUT2D eigenvalue weighted by molar-refractivity contribution is 0.250. The Bertz CT molecular complexity index is 886. The van der Waals surface area contributed by atoms with Crippen LogP contribution in [0.3, 0.4) is 0 Å². The third-order valence-corrected chi connectivity index (χ3v) is 3.61. The van der Waals surface area contributed by atoms with Crippen molar-refractivity contribution in [3.05, 3.63) is 54.0 Å². The number of benzene rings is 1. The van der Waals surface area contributed by atoms with Crippen LogP contribution in [-0.4, -0.2) is 17.1 Å². The summed E-state index contributed by atoms with van der Waals surface area (Å²) in [5.74, 6) is 2.54. The number of anilines is 2. The fourth-order valence-corrected chi connectivity index (χ4v) is 2.49. The number of urea groups is 1. The summed E-state index contributed by atoms with van der Waals surface area (Å²) in [7, 11) is 0. The molecule has 0 bridgehead atoms. The molecule has 6 heteroatoms. The molecule has 0 aliphatic carbocycles. The number of aromatic nitrogens is 1. The molecule has 0 saturated heterocycles. The number of furan rings is 1. The van der Waals surface area contributed by atoms with Crippen molar-refractivity contribution < 1.29 is 9.21 Å². The van der Waals surface area contributed by atoms with Gasteiger partial charge in [-0.3, -0.25) is 0 Å². The van der Waals surface area contributed by atoms with Crippen molar-refractivity contribution in [2.24, 2.45) is 0 Å². The van der Waals surface area contributed by atoms with Gasteiger partial charge in [-0.25, -0.2) is 9.78 Å². The Hall–Kier alpha value is -3.02. The van der Waals surface area contributed by atoms with E-state index in [1.54, 1.807) is 0 Å². The normalized spacial score (nSPS) is 10.9. The van der Waals surface area contributed by atoms with E-state index in [-0.39, 0.29) is 12.1 Å². The number of carbonyl (C=O) groups is 1. The van der Waals surface area contributed by atoms with Crippen molar-refractivity contribution in [2.45, 2.75) is 33.4 Å². The minimum absolute atomic E-state index is 0.0914. The highest BCUT2D eigenvalue weighted by molar-refractivity contribution is 5.93. The third kappa shape index (κ3) is 4.50. The summed E-state index contributed by atoms with van der Waals surface area (Å²) in [6.07, 6.45) is 0. The first-order chi connectivity index (χ1) is 12.0. The number of amides is 2. The van der Waals surface area contributed by atoms with Crippen molar-refractivity contribution in [2.75, 3.05) is 10.6 Å². The molecule has 0 spiro atoms. The van der Waals surface area contributed by atoms with Crippen molar-refractivity contribution >= 4 is 28.4 Å². The van der Waals surface area contributed by atoms with Crippen LogP contribution >= 0.6 is 0 Å². The average Bonchev–Trinajstić information content (AvgIpc) is 2.97. The molecule has 3 N–H and O–H groups in total. The number of pyridine rings is 1. The number of nitrogens with one attached hydrogen (secondary N) is 3. The first kappa shape index (κ1) is 16.8. The zero-order valence-electron chi connectivity index (χ0n) is 14.6. The van der Waals surface area contributed by atoms with E-state index in [1.807, 2.05) is 63.2 Å². The van der Waals surface area contributed by atoms with E-state index in [0.29, 0.717) is 6.54 Å². The van der Waals surface area contributed by atoms with Crippen LogP contribution in [0.15, 0.2) is 46.9 Å². The Balaban J connectivity index is 1.69. The van der Waals surface area contributed by atoms with Gasteiger partial charge in [0.1, 0.15) is 17.3 Å². The maximum Gasteiger partial charge on any atom is 0.319 e. The SMILES string of the molecule is Cc1ccc(CNc2ccc3cc(NC(=O)NC(C)C)ccc3n2)o1. The van der Waals surface area contributed by atoms with Crippen LogP contribution in [0, 0.1) is 6.92 Å². The van der Waals surface area contributed by atoms with Crippen LogP contribution in [0.1, 0.15) is 25.4 Å². The Kier molecular flexibility index (Phi) is 4.88. The number of carbonyl (C=O) groups excluding carboxylic acids is 1. The smallest absolute Gasteiger partial charge is 0.319 e. The Morgan fingerprint density at radius 1 is 1.16 bits per heavy atom. The molecule has 25 heavy (non-hydrogen) atoms. The number of hydrogen-bond donors (Lipinski definition) is 3. The average molecular weight is 338 g/mol. The molecule has 6 nitrogen and oxygen atoms in total. The Morgan fingerprint density at radius 3 is 2.72 bits per heavy atom. The standard InChI is InChI=1S/C19H22N4O2/c1-12(2)21-19(24)22-15-6-8-17-14(10-15)5-9-18(23-17)20-11-16-7-4-13(3)25-16/h4-10,12H,11H2,1-3H3,(H,20,23)(H2,21,22,24). The lowest BCUT2D eigenvalue weighted by atomic mass is 10.2. The highest BCUT2D eigenvalue weighted by atomic mass is 16.3. The van der Waals surface area contributed by atoms with Crippen LogP contribution in [0.2, 0.25) is 0 Å². The van der Waals surface area contributed by atoms with Gasteiger partial charge in [0.05, 0.1) is 12.1 Å². The molecule has 2 aromatic heterocycles. The molecule has 0 radical (unpaired) electrons. The van der Waals surface area contributed by atoms with E-state index in [0.717, 1.165) is 33.9 Å². The molecule has 0 unspecified atom stereocenters. The van der Waals surface area contributed by atoms with Gasteiger partial charge in [0.15, 0.2) is 0 Å². The Labute approximate surface area is 146 Å². The predicted octanol–water partition coefficient (Wildman–Crippen LogP) is 4.28. The zero-order chi connectivity index (χ0) is 17.8. The number of hydrogen-bond acceptors (Lipinski definition) is 4. The van der Waals surface area contributed by atoms with E-state index < -0.39 is 0 Å². The fraction of sp³-hybridized carbons (Fsp3) is 0.263. The molecule has 0 saturated carbocycles. The van der Waals surface area contributed by atoms with Crippen LogP contribution in [0.4, 0.5) is 16.3 Å². The monoisotopic (exact) mass is 338 g/mol. The molecular weight excluding hydrogens is 316 g/mol. The highest BCUT2D eigenvalue weighted by Crippen LogP contribution is 2.20. The van der Waals surface area contributed by atoms with Crippen LogP contribution in [-0.2, 0) is 6.54 Å². The summed E-state index contributed by atoms with van der Waals surface area (Å²) in [5.41, 5.74) is 1.59. The summed E-state index contributed by atoms with van der Waals surface area (Å²) < 4.78 is 5.54. The van der Waals surface area contributed by atoms with Crippen LogP contribution in [0.25, 0.3) is 10.9 Å². The second-order valence-electron chi connectivity index (χ2n) is 6.22. The number of nitrogens with zero attached hydrogens (tertiary/aromatic N) is 1. The molecule has 0 aliphatic heterocycles. The maximum absolute atomic E-state index is 11.8. The van der Waals surface area contributed by atoms with Gasteiger partial charge in [-0.05, 0) is 63.2 Å². The Morgan fingerprint density at radius 2 is 2.00 bits per heavy atom. The molecule has 0 aliphatic rings. The number of fused-ring (bicyclic) bond motifs is 1. The highest BCUT2D eigenvalue weighted by Gasteiger charge is 2.05. The summed E-state index contributed by atoms with van der Waals surface area (Å²) in [6, 6.07) is 13.3. The lowest BCUT2D eigenvalue weighted by Gasteiger charge is -2.11. The van der Waals surface area contributed by atoms with Gasteiger partial charge in [-0.1, -0.05) is 0 Å². The first-order valence-corrected chi connectivity index (χ1v) is 8.27. The fourth-order valence-electron chi connectivity index (χ4n) is 2.49. The van der Waals surface area contributed by atoms with E-state index >= 15 is 0 Å². The lowest BCUT2D eigenvalue weighted by Crippen LogP contribution is -2.34. The van der Waals surface area contributed by atoms with Gasteiger partial charge in [0, 0.05) is 17.1 Å². The van der Waals surface area contributed by atoms with Gasteiger partial charge in [0.25, 0.3) is 0 Å². The number of aryl methyl sites for hydroxylation is 1. The molecule has 0 atom stereocenters. The van der Waals surface area contributed by atoms with E-state index in [9.17, 15) is 4.79 Å². The first-order valence-electron chi connectivity index (χ1n) is 8.27. The summed E-state index contributed by atoms with van der Waals surface area (Å²) in [6.45, 7) is 6.34. The second kappa shape index (κ2) is 7.25. The maximum atomic E-state index is 11.8. The van der Waals surface area contributed by atoms with Gasteiger partial charge < -0.3 is 20.4 Å².